The number of amides is 1. The van der Waals surface area contributed by atoms with Gasteiger partial charge in [-0.15, -0.1) is 0 Å². The van der Waals surface area contributed by atoms with Crippen molar-refractivity contribution in [3.8, 4) is 0 Å². The SMILES string of the molecule is Cc1ccc(S(=O)(=O)Nc2ccccc2C(=O)N(C)C2CCNC2)cc1. The molecule has 0 spiro atoms. The molecule has 7 heteroatoms. The second kappa shape index (κ2) is 7.47. The third-order valence-electron chi connectivity index (χ3n) is 4.64. The number of aryl methyl sites for hydroxylation is 1. The molecule has 0 radical (unpaired) electrons. The molecule has 0 aromatic heterocycles. The third kappa shape index (κ3) is 3.89. The fraction of sp³-hybridized carbons (Fsp3) is 0.316. The highest BCUT2D eigenvalue weighted by Crippen LogP contribution is 2.23. The fourth-order valence-electron chi connectivity index (χ4n) is 3.01. The van der Waals surface area contributed by atoms with Gasteiger partial charge in [0.05, 0.1) is 16.1 Å². The maximum atomic E-state index is 12.9. The summed E-state index contributed by atoms with van der Waals surface area (Å²) in [6.07, 6.45) is 0.888. The summed E-state index contributed by atoms with van der Waals surface area (Å²) in [5, 5.41) is 3.23. The Morgan fingerprint density at radius 1 is 1.15 bits per heavy atom. The predicted molar refractivity (Wildman–Crippen MR) is 102 cm³/mol. The van der Waals surface area contributed by atoms with Crippen LogP contribution >= 0.6 is 0 Å². The van der Waals surface area contributed by atoms with E-state index in [4.69, 9.17) is 0 Å². The van der Waals surface area contributed by atoms with Crippen LogP contribution in [0.15, 0.2) is 53.4 Å². The van der Waals surface area contributed by atoms with Gasteiger partial charge in [-0.25, -0.2) is 8.42 Å². The lowest BCUT2D eigenvalue weighted by Gasteiger charge is -2.25. The van der Waals surface area contributed by atoms with Gasteiger partial charge in [-0.3, -0.25) is 9.52 Å². The molecule has 0 saturated carbocycles. The van der Waals surface area contributed by atoms with Gasteiger partial charge < -0.3 is 10.2 Å². The van der Waals surface area contributed by atoms with Crippen LogP contribution in [0.2, 0.25) is 0 Å². The number of sulfonamides is 1. The lowest BCUT2D eigenvalue weighted by molar-refractivity contribution is 0.0745. The summed E-state index contributed by atoms with van der Waals surface area (Å²) < 4.78 is 27.9. The largest absolute Gasteiger partial charge is 0.337 e. The minimum absolute atomic E-state index is 0.115. The van der Waals surface area contributed by atoms with Crippen molar-refractivity contribution in [2.45, 2.75) is 24.3 Å². The molecule has 26 heavy (non-hydrogen) atoms. The number of anilines is 1. The lowest BCUT2D eigenvalue weighted by atomic mass is 10.1. The number of rotatable bonds is 5. The van der Waals surface area contributed by atoms with Crippen LogP contribution < -0.4 is 10.0 Å². The zero-order valence-electron chi connectivity index (χ0n) is 14.9. The first-order valence-corrected chi connectivity index (χ1v) is 10.0. The number of para-hydroxylation sites is 1. The Morgan fingerprint density at radius 2 is 1.85 bits per heavy atom. The highest BCUT2D eigenvalue weighted by Gasteiger charge is 2.26. The van der Waals surface area contributed by atoms with E-state index in [1.807, 2.05) is 6.92 Å². The van der Waals surface area contributed by atoms with E-state index in [0.717, 1.165) is 25.1 Å². The van der Waals surface area contributed by atoms with Crippen molar-refractivity contribution in [1.29, 1.82) is 0 Å². The summed E-state index contributed by atoms with van der Waals surface area (Å²) in [5.41, 5.74) is 1.61. The van der Waals surface area contributed by atoms with Gasteiger partial charge in [0, 0.05) is 19.6 Å². The summed E-state index contributed by atoms with van der Waals surface area (Å²) in [5.74, 6) is -0.194. The summed E-state index contributed by atoms with van der Waals surface area (Å²) in [7, 11) is -2.01. The van der Waals surface area contributed by atoms with Crippen LogP contribution in [-0.2, 0) is 10.0 Å². The molecule has 1 aliphatic heterocycles. The number of nitrogens with one attached hydrogen (secondary N) is 2. The molecule has 1 heterocycles. The molecule has 1 amide bonds. The smallest absolute Gasteiger partial charge is 0.261 e. The highest BCUT2D eigenvalue weighted by atomic mass is 32.2. The Balaban J connectivity index is 1.87. The molecular weight excluding hydrogens is 350 g/mol. The normalized spacial score (nSPS) is 17.1. The number of hydrogen-bond donors (Lipinski definition) is 2. The molecule has 1 unspecified atom stereocenters. The third-order valence-corrected chi connectivity index (χ3v) is 6.02. The minimum atomic E-state index is -3.76. The van der Waals surface area contributed by atoms with Crippen LogP contribution in [0.5, 0.6) is 0 Å². The predicted octanol–water partition coefficient (Wildman–Crippen LogP) is 2.23. The number of carbonyl (C=O) groups is 1. The van der Waals surface area contributed by atoms with Gasteiger partial charge in [0.2, 0.25) is 0 Å². The zero-order valence-corrected chi connectivity index (χ0v) is 15.7. The standard InChI is InChI=1S/C19H23N3O3S/c1-14-7-9-16(10-8-14)26(24,25)21-18-6-4-3-5-17(18)19(23)22(2)15-11-12-20-13-15/h3-10,15,20-21H,11-13H2,1-2H3. The molecule has 2 aromatic carbocycles. The van der Waals surface area contributed by atoms with Crippen LogP contribution in [0.3, 0.4) is 0 Å². The van der Waals surface area contributed by atoms with E-state index in [1.54, 1.807) is 60.5 Å². The molecule has 3 rings (SSSR count). The van der Waals surface area contributed by atoms with Crippen molar-refractivity contribution >= 4 is 21.6 Å². The van der Waals surface area contributed by atoms with E-state index in [0.29, 0.717) is 5.56 Å². The van der Waals surface area contributed by atoms with Crippen LogP contribution in [0.1, 0.15) is 22.3 Å². The van der Waals surface area contributed by atoms with E-state index in [2.05, 4.69) is 10.0 Å². The second-order valence-corrected chi connectivity index (χ2v) is 8.21. The molecule has 138 valence electrons. The van der Waals surface area contributed by atoms with Crippen molar-refractivity contribution in [1.82, 2.24) is 10.2 Å². The average molecular weight is 373 g/mol. The maximum absolute atomic E-state index is 12.9. The van der Waals surface area contributed by atoms with Gasteiger partial charge >= 0.3 is 0 Å². The minimum Gasteiger partial charge on any atom is -0.337 e. The van der Waals surface area contributed by atoms with Gasteiger partial charge in [0.1, 0.15) is 0 Å². The van der Waals surface area contributed by atoms with E-state index >= 15 is 0 Å². The first kappa shape index (κ1) is 18.4. The summed E-state index contributed by atoms with van der Waals surface area (Å²) in [4.78, 5) is 14.7. The van der Waals surface area contributed by atoms with Gasteiger partial charge in [-0.1, -0.05) is 29.8 Å². The second-order valence-electron chi connectivity index (χ2n) is 6.53. The zero-order chi connectivity index (χ0) is 18.7. The first-order valence-electron chi connectivity index (χ1n) is 8.55. The van der Waals surface area contributed by atoms with E-state index in [1.165, 1.54) is 0 Å². The Morgan fingerprint density at radius 3 is 2.50 bits per heavy atom. The Bertz CT molecular complexity index is 889. The molecule has 2 aromatic rings. The van der Waals surface area contributed by atoms with E-state index in [9.17, 15) is 13.2 Å². The van der Waals surface area contributed by atoms with E-state index < -0.39 is 10.0 Å². The van der Waals surface area contributed by atoms with Crippen LogP contribution in [0.25, 0.3) is 0 Å². The number of benzene rings is 2. The molecule has 1 aliphatic rings. The van der Waals surface area contributed by atoms with Gasteiger partial charge in [-0.2, -0.15) is 0 Å². The van der Waals surface area contributed by atoms with Crippen molar-refractivity contribution in [3.63, 3.8) is 0 Å². The Hall–Kier alpha value is -2.38. The number of hydrogen-bond acceptors (Lipinski definition) is 4. The highest BCUT2D eigenvalue weighted by molar-refractivity contribution is 7.92. The molecule has 0 aliphatic carbocycles. The molecule has 1 saturated heterocycles. The van der Waals surface area contributed by atoms with Gasteiger partial charge in [0.15, 0.2) is 0 Å². The van der Waals surface area contributed by atoms with Gasteiger partial charge in [0.25, 0.3) is 15.9 Å². The summed E-state index contributed by atoms with van der Waals surface area (Å²) in [6, 6.07) is 13.4. The molecule has 1 fully saturated rings. The molecule has 6 nitrogen and oxygen atoms in total. The van der Waals surface area contributed by atoms with Crippen molar-refractivity contribution in [2.75, 3.05) is 24.9 Å². The first-order chi connectivity index (χ1) is 12.4. The Kier molecular flexibility index (Phi) is 5.29. The topological polar surface area (TPSA) is 78.5 Å². The number of likely N-dealkylation sites (N-methyl/N-ethyl adjacent to an activating group) is 1. The summed E-state index contributed by atoms with van der Waals surface area (Å²) >= 11 is 0. The van der Waals surface area contributed by atoms with Gasteiger partial charge in [-0.05, 0) is 44.2 Å². The van der Waals surface area contributed by atoms with E-state index in [-0.39, 0.29) is 22.5 Å². The monoisotopic (exact) mass is 373 g/mol. The number of carbonyl (C=O) groups excluding carboxylic acids is 1. The lowest BCUT2D eigenvalue weighted by Crippen LogP contribution is -2.38. The van der Waals surface area contributed by atoms with Crippen molar-refractivity contribution < 1.29 is 13.2 Å². The van der Waals surface area contributed by atoms with Crippen LogP contribution in [0.4, 0.5) is 5.69 Å². The summed E-state index contributed by atoms with van der Waals surface area (Å²) in [6.45, 7) is 3.52. The molecule has 2 N–H and O–H groups in total. The average Bonchev–Trinajstić information content (AvgIpc) is 3.15. The molecular formula is C19H23N3O3S. The fourth-order valence-corrected chi connectivity index (χ4v) is 4.09. The quantitative estimate of drug-likeness (QED) is 0.842. The number of nitrogens with zero attached hydrogens (tertiary/aromatic N) is 1. The molecule has 1 atom stereocenters. The Labute approximate surface area is 154 Å². The maximum Gasteiger partial charge on any atom is 0.261 e. The molecule has 0 bridgehead atoms. The van der Waals surface area contributed by atoms with Crippen LogP contribution in [0, 0.1) is 6.92 Å². The van der Waals surface area contributed by atoms with Crippen molar-refractivity contribution in [3.05, 3.63) is 59.7 Å². The van der Waals surface area contributed by atoms with Crippen LogP contribution in [-0.4, -0.2) is 45.4 Å². The van der Waals surface area contributed by atoms with Crippen molar-refractivity contribution in [2.24, 2.45) is 0 Å².